The predicted molar refractivity (Wildman–Crippen MR) is 50.1 cm³/mol. The third-order valence-electron chi connectivity index (χ3n) is 2.70. The molecule has 1 fully saturated rings. The van der Waals surface area contributed by atoms with Crippen molar-refractivity contribution in [3.8, 4) is 0 Å². The highest BCUT2D eigenvalue weighted by Crippen LogP contribution is 2.20. The highest BCUT2D eigenvalue weighted by Gasteiger charge is 2.15. The molecule has 1 aliphatic rings. The largest absolute Gasteiger partial charge is 0.306 e. The summed E-state index contributed by atoms with van der Waals surface area (Å²) >= 11 is 0. The quantitative estimate of drug-likeness (QED) is 0.476. The van der Waals surface area contributed by atoms with E-state index in [-0.39, 0.29) is 0 Å². The van der Waals surface area contributed by atoms with Crippen LogP contribution in [-0.2, 0) is 0 Å². The first-order valence-electron chi connectivity index (χ1n) is 4.80. The maximum atomic E-state index is 9.84. The summed E-state index contributed by atoms with van der Waals surface area (Å²) in [5.41, 5.74) is 0. The van der Waals surface area contributed by atoms with E-state index in [0.717, 1.165) is 12.3 Å². The summed E-state index contributed by atoms with van der Waals surface area (Å²) in [7, 11) is 2.17. The number of piperidine rings is 1. The van der Waals surface area contributed by atoms with Gasteiger partial charge in [-0.2, -0.15) is 4.91 Å². The lowest BCUT2D eigenvalue weighted by Crippen LogP contribution is -2.30. The third kappa shape index (κ3) is 3.30. The lowest BCUT2D eigenvalue weighted by molar-refractivity contribution is 0.211. The number of likely N-dealkylation sites (tertiary alicyclic amines) is 1. The smallest absolute Gasteiger partial charge is 0.0811 e. The zero-order chi connectivity index (χ0) is 8.81. The van der Waals surface area contributed by atoms with Crippen molar-refractivity contribution in [1.29, 1.82) is 0 Å². The minimum absolute atomic E-state index is 0.506. The van der Waals surface area contributed by atoms with Gasteiger partial charge in [0.1, 0.15) is 0 Å². The van der Waals surface area contributed by atoms with Gasteiger partial charge in [-0.15, -0.1) is 0 Å². The second-order valence-electron chi connectivity index (χ2n) is 3.74. The van der Waals surface area contributed by atoms with Gasteiger partial charge in [0.05, 0.1) is 6.54 Å². The van der Waals surface area contributed by atoms with Crippen molar-refractivity contribution >= 4 is 0 Å². The number of nitrogens with zero attached hydrogens (tertiary/aromatic N) is 2. The first-order valence-corrected chi connectivity index (χ1v) is 4.80. The molecule has 1 heterocycles. The molecule has 0 bridgehead atoms. The van der Waals surface area contributed by atoms with Crippen LogP contribution in [0.1, 0.15) is 25.7 Å². The number of nitroso groups, excluding NO2 is 1. The lowest BCUT2D eigenvalue weighted by Gasteiger charge is -2.28. The van der Waals surface area contributed by atoms with Crippen molar-refractivity contribution in [3.63, 3.8) is 0 Å². The normalized spacial score (nSPS) is 21.1. The fraction of sp³-hybridized carbons (Fsp3) is 1.00. The molecule has 0 spiro atoms. The Morgan fingerprint density at radius 1 is 1.42 bits per heavy atom. The van der Waals surface area contributed by atoms with Crippen LogP contribution in [0.4, 0.5) is 0 Å². The maximum Gasteiger partial charge on any atom is 0.0811 e. The lowest BCUT2D eigenvalue weighted by atomic mass is 9.92. The zero-order valence-electron chi connectivity index (χ0n) is 7.83. The molecule has 0 aromatic carbocycles. The third-order valence-corrected chi connectivity index (χ3v) is 2.70. The number of hydrogen-bond donors (Lipinski definition) is 0. The van der Waals surface area contributed by atoms with Crippen LogP contribution in [-0.4, -0.2) is 31.6 Å². The van der Waals surface area contributed by atoms with Crippen LogP contribution in [0.25, 0.3) is 0 Å². The van der Waals surface area contributed by atoms with E-state index in [1.165, 1.54) is 32.4 Å². The van der Waals surface area contributed by atoms with Gasteiger partial charge >= 0.3 is 0 Å². The molecule has 0 saturated carbocycles. The van der Waals surface area contributed by atoms with E-state index in [1.54, 1.807) is 0 Å². The molecule has 0 aromatic rings. The molecule has 3 nitrogen and oxygen atoms in total. The molecule has 1 rings (SSSR count). The highest BCUT2D eigenvalue weighted by atomic mass is 16.3. The SMILES string of the molecule is CN1CCC(CCCN=O)CC1. The van der Waals surface area contributed by atoms with Gasteiger partial charge < -0.3 is 4.90 Å². The topological polar surface area (TPSA) is 32.7 Å². The minimum Gasteiger partial charge on any atom is -0.306 e. The van der Waals surface area contributed by atoms with E-state index >= 15 is 0 Å². The fourth-order valence-corrected chi connectivity index (χ4v) is 1.80. The summed E-state index contributed by atoms with van der Waals surface area (Å²) in [6, 6.07) is 0. The van der Waals surface area contributed by atoms with Gasteiger partial charge in [0, 0.05) is 0 Å². The molecule has 12 heavy (non-hydrogen) atoms. The van der Waals surface area contributed by atoms with Gasteiger partial charge in [0.25, 0.3) is 0 Å². The molecule has 0 unspecified atom stereocenters. The Labute approximate surface area is 74.1 Å². The molecule has 0 amide bonds. The van der Waals surface area contributed by atoms with Crippen molar-refractivity contribution in [2.24, 2.45) is 11.1 Å². The minimum atomic E-state index is 0.506. The van der Waals surface area contributed by atoms with Crippen LogP contribution in [0.2, 0.25) is 0 Å². The van der Waals surface area contributed by atoms with Gasteiger partial charge in [0.15, 0.2) is 0 Å². The summed E-state index contributed by atoms with van der Waals surface area (Å²) < 4.78 is 0. The van der Waals surface area contributed by atoms with Crippen LogP contribution in [0.3, 0.4) is 0 Å². The Hall–Kier alpha value is -0.440. The molecule has 0 aromatic heterocycles. The van der Waals surface area contributed by atoms with Crippen molar-refractivity contribution in [1.82, 2.24) is 4.90 Å². The van der Waals surface area contributed by atoms with Crippen LogP contribution < -0.4 is 0 Å². The van der Waals surface area contributed by atoms with Crippen molar-refractivity contribution in [2.75, 3.05) is 26.7 Å². The summed E-state index contributed by atoms with van der Waals surface area (Å²) in [6.07, 6.45) is 4.78. The van der Waals surface area contributed by atoms with Gasteiger partial charge in [-0.3, -0.25) is 0 Å². The molecule has 0 aliphatic carbocycles. The molecule has 0 atom stereocenters. The van der Waals surface area contributed by atoms with Crippen molar-refractivity contribution in [2.45, 2.75) is 25.7 Å². The van der Waals surface area contributed by atoms with Crippen LogP contribution in [0.15, 0.2) is 5.18 Å². The second-order valence-corrected chi connectivity index (χ2v) is 3.74. The van der Waals surface area contributed by atoms with Gasteiger partial charge in [-0.1, -0.05) is 5.18 Å². The molecule has 70 valence electrons. The zero-order valence-corrected chi connectivity index (χ0v) is 7.83. The van der Waals surface area contributed by atoms with Crippen LogP contribution in [0, 0.1) is 10.8 Å². The summed E-state index contributed by atoms with van der Waals surface area (Å²) in [4.78, 5) is 12.2. The Balaban J connectivity index is 2.05. The van der Waals surface area contributed by atoms with E-state index in [2.05, 4.69) is 17.1 Å². The van der Waals surface area contributed by atoms with E-state index < -0.39 is 0 Å². The summed E-state index contributed by atoms with van der Waals surface area (Å²) in [5.74, 6) is 0.850. The van der Waals surface area contributed by atoms with E-state index in [0.29, 0.717) is 6.54 Å². The van der Waals surface area contributed by atoms with Crippen molar-refractivity contribution in [3.05, 3.63) is 4.91 Å². The molecular weight excluding hydrogens is 152 g/mol. The van der Waals surface area contributed by atoms with Gasteiger partial charge in [0.2, 0.25) is 0 Å². The summed E-state index contributed by atoms with van der Waals surface area (Å²) in [6.45, 7) is 2.95. The first kappa shape index (κ1) is 9.65. The number of rotatable bonds is 4. The molecular formula is C9H18N2O. The van der Waals surface area contributed by atoms with E-state index in [1.807, 2.05) is 0 Å². The Bertz CT molecular complexity index is 130. The van der Waals surface area contributed by atoms with Crippen LogP contribution >= 0.6 is 0 Å². The Morgan fingerprint density at radius 3 is 2.67 bits per heavy atom. The Morgan fingerprint density at radius 2 is 2.08 bits per heavy atom. The first-order chi connectivity index (χ1) is 5.83. The van der Waals surface area contributed by atoms with Crippen LogP contribution in [0.5, 0.6) is 0 Å². The molecule has 1 saturated heterocycles. The standard InChI is InChI=1S/C9H18N2O/c1-11-7-4-9(5-8-11)3-2-6-10-12/h9H,2-8H2,1H3. The highest BCUT2D eigenvalue weighted by molar-refractivity contribution is 4.69. The monoisotopic (exact) mass is 170 g/mol. The summed E-state index contributed by atoms with van der Waals surface area (Å²) in [5, 5.41) is 2.87. The average molecular weight is 170 g/mol. The maximum absolute atomic E-state index is 9.84. The van der Waals surface area contributed by atoms with E-state index in [4.69, 9.17) is 0 Å². The van der Waals surface area contributed by atoms with E-state index in [9.17, 15) is 4.91 Å². The Kier molecular flexibility index (Phi) is 4.22. The van der Waals surface area contributed by atoms with Gasteiger partial charge in [-0.05, 0) is 51.7 Å². The second kappa shape index (κ2) is 5.25. The molecule has 1 aliphatic heterocycles. The fourth-order valence-electron chi connectivity index (χ4n) is 1.80. The molecule has 3 heteroatoms. The van der Waals surface area contributed by atoms with Gasteiger partial charge in [-0.25, -0.2) is 0 Å². The molecule has 0 N–H and O–H groups in total. The number of hydrogen-bond acceptors (Lipinski definition) is 3. The average Bonchev–Trinajstić information content (AvgIpc) is 2.09. The predicted octanol–water partition coefficient (Wildman–Crippen LogP) is 1.87. The molecule has 0 radical (unpaired) electrons. The van der Waals surface area contributed by atoms with Crippen molar-refractivity contribution < 1.29 is 0 Å².